The smallest absolute Gasteiger partial charge is 0.0548 e. The average Bonchev–Trinajstić information content (AvgIpc) is 3.70. The first-order valence-electron chi connectivity index (χ1n) is 14.7. The van der Waals surface area contributed by atoms with Crippen molar-refractivity contribution < 1.29 is 0 Å². The first-order valence-corrected chi connectivity index (χ1v) is 15.5. The Hall–Kier alpha value is -5.38. The van der Waals surface area contributed by atoms with E-state index in [1.165, 1.54) is 85.9 Å². The van der Waals surface area contributed by atoms with E-state index in [1.54, 1.807) is 0 Å². The first-order chi connectivity index (χ1) is 21.3. The Morgan fingerprint density at radius 3 is 1.74 bits per heavy atom. The van der Waals surface area contributed by atoms with Gasteiger partial charge in [-0.1, -0.05) is 78.9 Å². The molecule has 0 aliphatic rings. The monoisotopic (exact) mass is 564 g/mol. The van der Waals surface area contributed by atoms with Crippen LogP contribution in [-0.4, -0.2) is 9.13 Å². The molecule has 7 aromatic carbocycles. The van der Waals surface area contributed by atoms with Crippen LogP contribution in [-0.2, 0) is 0 Å². The van der Waals surface area contributed by atoms with E-state index in [0.29, 0.717) is 0 Å². The second-order valence-electron chi connectivity index (χ2n) is 11.4. The van der Waals surface area contributed by atoms with Crippen molar-refractivity contribution >= 4 is 85.9 Å². The molecular weight excluding hydrogens is 541 g/mol. The summed E-state index contributed by atoms with van der Waals surface area (Å²) in [5.74, 6) is 0. The molecule has 0 aliphatic carbocycles. The predicted molar refractivity (Wildman–Crippen MR) is 186 cm³/mol. The van der Waals surface area contributed by atoms with Crippen LogP contribution in [0.4, 0.5) is 0 Å². The molecule has 0 amide bonds. The lowest BCUT2D eigenvalue weighted by Crippen LogP contribution is -1.94. The second-order valence-corrected chi connectivity index (χ2v) is 12.5. The van der Waals surface area contributed by atoms with Gasteiger partial charge in [-0.05, 0) is 77.5 Å². The van der Waals surface area contributed by atoms with E-state index in [9.17, 15) is 0 Å². The Bertz CT molecular complexity index is 2720. The van der Waals surface area contributed by atoms with Crippen molar-refractivity contribution in [2.45, 2.75) is 0 Å². The van der Waals surface area contributed by atoms with E-state index >= 15 is 0 Å². The highest BCUT2D eigenvalue weighted by Gasteiger charge is 2.19. The van der Waals surface area contributed by atoms with Crippen molar-refractivity contribution in [3.05, 3.63) is 146 Å². The lowest BCUT2D eigenvalue weighted by Gasteiger charge is -2.10. The quantitative estimate of drug-likeness (QED) is 0.198. The topological polar surface area (TPSA) is 9.86 Å². The summed E-state index contributed by atoms with van der Waals surface area (Å²) in [6.45, 7) is 0. The third-order valence-electron chi connectivity index (χ3n) is 9.06. The van der Waals surface area contributed by atoms with Gasteiger partial charge in [-0.3, -0.25) is 0 Å². The number of hydrogen-bond acceptors (Lipinski definition) is 1. The zero-order valence-corrected chi connectivity index (χ0v) is 24.0. The van der Waals surface area contributed by atoms with E-state index in [1.807, 2.05) is 11.3 Å². The third-order valence-corrected chi connectivity index (χ3v) is 10.2. The molecule has 0 atom stereocenters. The normalized spacial score (nSPS) is 12.2. The van der Waals surface area contributed by atoms with Gasteiger partial charge in [0.2, 0.25) is 0 Å². The maximum absolute atomic E-state index is 2.48. The highest BCUT2D eigenvalue weighted by Crippen LogP contribution is 2.42. The second kappa shape index (κ2) is 8.57. The molecule has 200 valence electrons. The maximum atomic E-state index is 2.48. The highest BCUT2D eigenvalue weighted by atomic mass is 32.1. The molecule has 3 heterocycles. The number of para-hydroxylation sites is 2. The van der Waals surface area contributed by atoms with E-state index in [-0.39, 0.29) is 0 Å². The van der Waals surface area contributed by atoms with Gasteiger partial charge >= 0.3 is 0 Å². The van der Waals surface area contributed by atoms with Crippen molar-refractivity contribution in [3.8, 4) is 11.4 Å². The SMILES string of the molecule is c1ccc(-n2c3ccccc3c3cc4c(cc32)c2cc3ccccc3cc2n4-c2ccc3sc4ccccc4c3c2)cc1. The fourth-order valence-corrected chi connectivity index (χ4v) is 8.24. The predicted octanol–water partition coefficient (Wildman–Crippen LogP) is 11.4. The number of hydrogen-bond donors (Lipinski definition) is 0. The van der Waals surface area contributed by atoms with Crippen molar-refractivity contribution in [3.63, 3.8) is 0 Å². The molecule has 0 radical (unpaired) electrons. The Morgan fingerprint density at radius 1 is 0.326 bits per heavy atom. The minimum atomic E-state index is 1.18. The van der Waals surface area contributed by atoms with E-state index in [4.69, 9.17) is 0 Å². The van der Waals surface area contributed by atoms with Gasteiger partial charge in [0.25, 0.3) is 0 Å². The number of thiophene rings is 1. The summed E-state index contributed by atoms with van der Waals surface area (Å²) in [4.78, 5) is 0. The van der Waals surface area contributed by atoms with Crippen molar-refractivity contribution in [2.24, 2.45) is 0 Å². The lowest BCUT2D eigenvalue weighted by molar-refractivity contribution is 1.18. The average molecular weight is 565 g/mol. The van der Waals surface area contributed by atoms with Crippen molar-refractivity contribution in [1.82, 2.24) is 9.13 Å². The molecule has 3 heteroatoms. The van der Waals surface area contributed by atoms with Crippen LogP contribution in [0.5, 0.6) is 0 Å². The van der Waals surface area contributed by atoms with E-state index in [2.05, 4.69) is 155 Å². The molecule has 2 nitrogen and oxygen atoms in total. The Balaban J connectivity index is 1.39. The molecule has 10 aromatic rings. The summed E-state index contributed by atoms with van der Waals surface area (Å²) in [5.41, 5.74) is 7.29. The van der Waals surface area contributed by atoms with Crippen LogP contribution in [0, 0.1) is 0 Å². The molecule has 0 aliphatic heterocycles. The molecular formula is C40H24N2S. The molecule has 0 bridgehead atoms. The van der Waals surface area contributed by atoms with E-state index < -0.39 is 0 Å². The van der Waals surface area contributed by atoms with Crippen LogP contribution in [0.3, 0.4) is 0 Å². The van der Waals surface area contributed by atoms with Gasteiger partial charge < -0.3 is 9.13 Å². The molecule has 0 fully saturated rings. The maximum Gasteiger partial charge on any atom is 0.0548 e. The van der Waals surface area contributed by atoms with Gasteiger partial charge in [-0.25, -0.2) is 0 Å². The molecule has 10 rings (SSSR count). The largest absolute Gasteiger partial charge is 0.309 e. The van der Waals surface area contributed by atoms with Gasteiger partial charge in [0.1, 0.15) is 0 Å². The minimum absolute atomic E-state index is 1.18. The number of nitrogens with zero attached hydrogens (tertiary/aromatic N) is 2. The fraction of sp³-hybridized carbons (Fsp3) is 0. The summed E-state index contributed by atoms with van der Waals surface area (Å²) in [6, 6.07) is 53.6. The Kier molecular flexibility index (Phi) is 4.63. The summed E-state index contributed by atoms with van der Waals surface area (Å²) >= 11 is 1.87. The van der Waals surface area contributed by atoms with Crippen molar-refractivity contribution in [1.29, 1.82) is 0 Å². The standard InChI is InChI=1S/C40H24N2S/c1-2-12-27(13-3-1)41-35-16-8-6-14-29(35)32-23-38-33(24-37(32)41)31-20-25-10-4-5-11-26(25)21-36(31)42(38)28-18-19-40-34(22-28)30-15-7-9-17-39(30)43-40/h1-24H. The molecule has 0 saturated carbocycles. The first kappa shape index (κ1) is 23.2. The van der Waals surface area contributed by atoms with Gasteiger partial charge in [-0.15, -0.1) is 11.3 Å². The molecule has 0 spiro atoms. The number of benzene rings is 7. The molecule has 43 heavy (non-hydrogen) atoms. The fourth-order valence-electron chi connectivity index (χ4n) is 7.15. The Labute approximate surface area is 251 Å². The van der Waals surface area contributed by atoms with Gasteiger partial charge in [0.15, 0.2) is 0 Å². The number of fused-ring (bicyclic) bond motifs is 10. The Morgan fingerprint density at radius 2 is 0.907 bits per heavy atom. The van der Waals surface area contributed by atoms with Crippen LogP contribution >= 0.6 is 11.3 Å². The number of rotatable bonds is 2. The summed E-state index contributed by atoms with van der Waals surface area (Å²) in [6.07, 6.45) is 0. The molecule has 3 aromatic heterocycles. The van der Waals surface area contributed by atoms with Gasteiger partial charge in [0.05, 0.1) is 22.1 Å². The lowest BCUT2D eigenvalue weighted by atomic mass is 10.0. The van der Waals surface area contributed by atoms with Gasteiger partial charge in [-0.2, -0.15) is 0 Å². The minimum Gasteiger partial charge on any atom is -0.309 e. The zero-order chi connectivity index (χ0) is 28.1. The van der Waals surface area contributed by atoms with Crippen molar-refractivity contribution in [2.75, 3.05) is 0 Å². The van der Waals surface area contributed by atoms with Crippen LogP contribution in [0.15, 0.2) is 146 Å². The highest BCUT2D eigenvalue weighted by molar-refractivity contribution is 7.25. The molecule has 0 saturated heterocycles. The van der Waals surface area contributed by atoms with Gasteiger partial charge in [0, 0.05) is 53.1 Å². The van der Waals surface area contributed by atoms with Crippen LogP contribution < -0.4 is 0 Å². The van der Waals surface area contributed by atoms with E-state index in [0.717, 1.165) is 0 Å². The van der Waals surface area contributed by atoms with Crippen LogP contribution in [0.1, 0.15) is 0 Å². The summed E-state index contributed by atoms with van der Waals surface area (Å²) in [5, 5.41) is 10.2. The number of aromatic nitrogens is 2. The third kappa shape index (κ3) is 3.23. The van der Waals surface area contributed by atoms with Crippen LogP contribution in [0.25, 0.3) is 85.9 Å². The van der Waals surface area contributed by atoms with Crippen LogP contribution in [0.2, 0.25) is 0 Å². The summed E-state index contributed by atoms with van der Waals surface area (Å²) < 4.78 is 7.55. The summed E-state index contributed by atoms with van der Waals surface area (Å²) in [7, 11) is 0. The molecule has 0 unspecified atom stereocenters. The molecule has 0 N–H and O–H groups in total. The zero-order valence-electron chi connectivity index (χ0n) is 23.2.